The summed E-state index contributed by atoms with van der Waals surface area (Å²) in [5.41, 5.74) is 18.1. The maximum absolute atomic E-state index is 5.25. The van der Waals surface area contributed by atoms with Crippen molar-refractivity contribution in [1.82, 2.24) is 29.1 Å². The largest absolute Gasteiger partial charge is 0.309 e. The highest BCUT2D eigenvalue weighted by molar-refractivity contribution is 7.26. The van der Waals surface area contributed by atoms with E-state index in [4.69, 9.17) is 19.9 Å². The summed E-state index contributed by atoms with van der Waals surface area (Å²) in [6.07, 6.45) is 3.99. The third-order valence-corrected chi connectivity index (χ3v) is 21.3. The van der Waals surface area contributed by atoms with Gasteiger partial charge in [0.25, 0.3) is 0 Å². The molecule has 0 spiro atoms. The Bertz CT molecular complexity index is 6810. The number of para-hydroxylation sites is 3. The molecule has 0 unspecified atom stereocenters. The van der Waals surface area contributed by atoms with Crippen molar-refractivity contribution in [3.63, 3.8) is 0 Å². The molecule has 16 aromatic carbocycles. The van der Waals surface area contributed by atoms with E-state index >= 15 is 0 Å². The van der Waals surface area contributed by atoms with Crippen LogP contribution in [0.15, 0.2) is 340 Å². The lowest BCUT2D eigenvalue weighted by molar-refractivity contribution is 1.17. The van der Waals surface area contributed by atoms with E-state index in [1.807, 2.05) is 23.7 Å². The van der Waals surface area contributed by atoms with Gasteiger partial charge in [-0.1, -0.05) is 249 Å². The Morgan fingerprint density at radius 2 is 0.596 bits per heavy atom. The molecule has 5 aromatic heterocycles. The topological polar surface area (TPSA) is 61.4 Å². The van der Waals surface area contributed by atoms with E-state index in [1.165, 1.54) is 119 Å². The molecule has 0 amide bonds. The van der Waals surface area contributed by atoms with Crippen molar-refractivity contribution >= 4 is 140 Å². The molecular formula is C92H56N6S. The maximum atomic E-state index is 5.25. The predicted molar refractivity (Wildman–Crippen MR) is 418 cm³/mol. The van der Waals surface area contributed by atoms with Crippen LogP contribution in [0.2, 0.25) is 0 Å². The van der Waals surface area contributed by atoms with Crippen molar-refractivity contribution in [2.45, 2.75) is 0 Å². The smallest absolute Gasteiger partial charge is 0.159 e. The summed E-state index contributed by atoms with van der Waals surface area (Å²) in [5.74, 6) is 1.45. The Balaban J connectivity index is 0.000000139. The molecule has 0 aliphatic rings. The van der Waals surface area contributed by atoms with E-state index in [0.29, 0.717) is 5.82 Å². The average Bonchev–Trinajstić information content (AvgIpc) is 1.35. The van der Waals surface area contributed by atoms with Gasteiger partial charge in [0.05, 0.1) is 33.1 Å². The van der Waals surface area contributed by atoms with Crippen LogP contribution in [0.5, 0.6) is 0 Å². The zero-order valence-electron chi connectivity index (χ0n) is 53.4. The second kappa shape index (κ2) is 22.9. The van der Waals surface area contributed by atoms with Crippen LogP contribution in [0.3, 0.4) is 0 Å². The predicted octanol–water partition coefficient (Wildman–Crippen LogP) is 24.8. The zero-order valence-corrected chi connectivity index (χ0v) is 54.2. The van der Waals surface area contributed by atoms with Crippen LogP contribution in [0, 0.1) is 0 Å². The number of benzene rings is 16. The van der Waals surface area contributed by atoms with Gasteiger partial charge in [0.15, 0.2) is 11.6 Å². The monoisotopic (exact) mass is 1280 g/mol. The Morgan fingerprint density at radius 3 is 1.16 bits per heavy atom. The van der Waals surface area contributed by atoms with Crippen molar-refractivity contribution in [3.8, 4) is 67.5 Å². The number of rotatable bonds is 7. The Morgan fingerprint density at radius 1 is 0.222 bits per heavy atom. The fourth-order valence-corrected chi connectivity index (χ4v) is 16.7. The van der Waals surface area contributed by atoms with Crippen LogP contribution in [-0.2, 0) is 0 Å². The summed E-state index contributed by atoms with van der Waals surface area (Å²) >= 11 is 1.87. The van der Waals surface area contributed by atoms with Crippen molar-refractivity contribution < 1.29 is 0 Å². The van der Waals surface area contributed by atoms with Gasteiger partial charge in [-0.05, 0) is 145 Å². The Labute approximate surface area is 572 Å². The number of nitrogens with zero attached hydrogens (tertiary/aromatic N) is 6. The van der Waals surface area contributed by atoms with Gasteiger partial charge in [-0.25, -0.2) is 19.9 Å². The third-order valence-electron chi connectivity index (χ3n) is 20.0. The summed E-state index contributed by atoms with van der Waals surface area (Å²) in [6, 6.07) is 117. The van der Waals surface area contributed by atoms with Crippen LogP contribution in [0.4, 0.5) is 0 Å². The molecule has 0 radical (unpaired) electrons. The van der Waals surface area contributed by atoms with Crippen LogP contribution in [-0.4, -0.2) is 29.1 Å². The highest BCUT2D eigenvalue weighted by Gasteiger charge is 2.20. The van der Waals surface area contributed by atoms with Crippen LogP contribution >= 0.6 is 11.3 Å². The second-order valence-corrected chi connectivity index (χ2v) is 26.6. The minimum Gasteiger partial charge on any atom is -0.309 e. The number of hydrogen-bond acceptors (Lipinski definition) is 5. The van der Waals surface area contributed by atoms with E-state index in [-0.39, 0.29) is 0 Å². The number of hydrogen-bond donors (Lipinski definition) is 0. The standard InChI is InChI=1S/C52H32N4.C40H24N2S/c1-2-14-36(15-3-1)55-47-23-10-8-20-41(47)44-30-33(25-27-49(44)55)34-26-28-50-45(31-34)42-21-9-11-24-48(42)56(50)37-16-12-13-35(29-37)52-53-32-46-40-19-5-4-17-38(40)39-18-6-7-22-43(39)51(46)54-52;1-2-16-32-30(14-1)31-15-3-4-18-34(31)38-36(32)24-41-40(42-38)28-13-8-11-26(23-28)25-10-7-12-27(22-25)29-19-9-20-35-33-17-5-6-21-37(33)43-39(29)35/h1-32H;1-24H. The van der Waals surface area contributed by atoms with E-state index in [0.717, 1.165) is 71.8 Å². The summed E-state index contributed by atoms with van der Waals surface area (Å²) < 4.78 is 7.40. The molecule has 0 bridgehead atoms. The lowest BCUT2D eigenvalue weighted by Crippen LogP contribution is -1.96. The molecule has 0 fully saturated rings. The molecule has 0 N–H and O–H groups in total. The molecule has 7 heteroatoms. The van der Waals surface area contributed by atoms with Gasteiger partial charge in [-0.2, -0.15) is 0 Å². The molecule has 6 nitrogen and oxygen atoms in total. The molecule has 0 atom stereocenters. The number of aromatic nitrogens is 6. The summed E-state index contributed by atoms with van der Waals surface area (Å²) in [5, 5.41) is 19.3. The third kappa shape index (κ3) is 9.24. The minimum atomic E-state index is 0.715. The van der Waals surface area contributed by atoms with Gasteiger partial charge in [0, 0.05) is 98.2 Å². The molecule has 0 saturated heterocycles. The Kier molecular flexibility index (Phi) is 13.0. The lowest BCUT2D eigenvalue weighted by Gasteiger charge is -2.12. The summed E-state index contributed by atoms with van der Waals surface area (Å²) in [4.78, 5) is 20.3. The van der Waals surface area contributed by atoms with Crippen LogP contribution < -0.4 is 0 Å². The second-order valence-electron chi connectivity index (χ2n) is 25.6. The first-order chi connectivity index (χ1) is 49.1. The van der Waals surface area contributed by atoms with Gasteiger partial charge >= 0.3 is 0 Å². The lowest BCUT2D eigenvalue weighted by atomic mass is 9.96. The molecule has 99 heavy (non-hydrogen) atoms. The molecule has 0 saturated carbocycles. The van der Waals surface area contributed by atoms with Gasteiger partial charge in [0.1, 0.15) is 0 Å². The molecular weight excluding hydrogens is 1220 g/mol. The summed E-state index contributed by atoms with van der Waals surface area (Å²) in [7, 11) is 0. The van der Waals surface area contributed by atoms with E-state index in [2.05, 4.69) is 337 Å². The van der Waals surface area contributed by atoms with Gasteiger partial charge in [0.2, 0.25) is 0 Å². The maximum Gasteiger partial charge on any atom is 0.159 e. The normalized spacial score (nSPS) is 11.8. The van der Waals surface area contributed by atoms with Crippen molar-refractivity contribution in [3.05, 3.63) is 340 Å². The zero-order chi connectivity index (χ0) is 65.1. The fraction of sp³-hybridized carbons (Fsp3) is 0. The molecule has 5 heterocycles. The quantitative estimate of drug-likeness (QED) is 0.149. The highest BCUT2D eigenvalue weighted by atomic mass is 32.1. The van der Waals surface area contributed by atoms with Crippen LogP contribution in [0.1, 0.15) is 0 Å². The van der Waals surface area contributed by atoms with E-state index in [9.17, 15) is 0 Å². The fourth-order valence-electron chi connectivity index (χ4n) is 15.5. The van der Waals surface area contributed by atoms with Gasteiger partial charge < -0.3 is 9.13 Å². The molecule has 21 rings (SSSR count). The summed E-state index contributed by atoms with van der Waals surface area (Å²) in [6.45, 7) is 0. The first-order valence-corrected chi connectivity index (χ1v) is 34.4. The van der Waals surface area contributed by atoms with Crippen molar-refractivity contribution in [2.75, 3.05) is 0 Å². The van der Waals surface area contributed by atoms with Crippen LogP contribution in [0.25, 0.3) is 196 Å². The first kappa shape index (κ1) is 56.4. The molecule has 0 aliphatic heterocycles. The minimum absolute atomic E-state index is 0.715. The molecule has 0 aliphatic carbocycles. The number of fused-ring (bicyclic) bond motifs is 21. The molecule has 460 valence electrons. The first-order valence-electron chi connectivity index (χ1n) is 33.6. The van der Waals surface area contributed by atoms with E-state index < -0.39 is 0 Å². The number of thiophene rings is 1. The highest BCUT2D eigenvalue weighted by Crippen LogP contribution is 2.44. The van der Waals surface area contributed by atoms with Gasteiger partial charge in [-0.3, -0.25) is 0 Å². The van der Waals surface area contributed by atoms with Crippen molar-refractivity contribution in [1.29, 1.82) is 0 Å². The molecule has 21 aromatic rings. The van der Waals surface area contributed by atoms with Gasteiger partial charge in [-0.15, -0.1) is 11.3 Å². The SMILES string of the molecule is c1cc(-c2cccc(-c3cccc4c3sc3ccccc34)c2)cc(-c2ncc3c4ccccc4c4ccccc4c3n2)c1.c1ccc(-n2c3ccccc3c3cc(-c4ccc5c(c4)c4ccccc4n5-c4cccc(-c5ncc6c7ccccc7c7ccccc7c6n5)c4)ccc32)cc1. The van der Waals surface area contributed by atoms with Crippen molar-refractivity contribution in [2.24, 2.45) is 0 Å². The van der Waals surface area contributed by atoms with E-state index in [1.54, 1.807) is 0 Å². The average molecular weight is 1280 g/mol. The Hall–Kier alpha value is -12.9.